The van der Waals surface area contributed by atoms with Gasteiger partial charge in [0.15, 0.2) is 0 Å². The number of rotatable bonds is 4. The molecule has 0 bridgehead atoms. The SMILES string of the molecule is NCC#Cc1ccc(NC(=O)CCn2ccnn2)cc1. The summed E-state index contributed by atoms with van der Waals surface area (Å²) in [4.78, 5) is 11.7. The lowest BCUT2D eigenvalue weighted by Gasteiger charge is -2.05. The van der Waals surface area contributed by atoms with Gasteiger partial charge in [0, 0.05) is 23.9 Å². The third kappa shape index (κ3) is 4.23. The number of nitrogens with one attached hydrogen (secondary N) is 1. The molecule has 0 aliphatic rings. The maximum Gasteiger partial charge on any atom is 0.226 e. The number of nitrogens with zero attached hydrogens (tertiary/aromatic N) is 3. The number of benzene rings is 1. The molecule has 2 aromatic rings. The number of amides is 1. The normalized spacial score (nSPS) is 9.65. The van der Waals surface area contributed by atoms with Gasteiger partial charge in [-0.05, 0) is 24.3 Å². The van der Waals surface area contributed by atoms with Crippen molar-refractivity contribution in [2.75, 3.05) is 11.9 Å². The summed E-state index contributed by atoms with van der Waals surface area (Å²) in [6, 6.07) is 7.31. The molecule has 2 rings (SSSR count). The Kier molecular flexibility index (Phi) is 4.87. The number of carbonyl (C=O) groups excluding carboxylic acids is 1. The molecule has 0 aliphatic heterocycles. The van der Waals surface area contributed by atoms with Crippen molar-refractivity contribution in [3.8, 4) is 11.8 Å². The van der Waals surface area contributed by atoms with E-state index in [4.69, 9.17) is 5.73 Å². The molecule has 6 nitrogen and oxygen atoms in total. The molecule has 1 heterocycles. The Balaban J connectivity index is 1.84. The van der Waals surface area contributed by atoms with Gasteiger partial charge in [0.25, 0.3) is 0 Å². The molecule has 20 heavy (non-hydrogen) atoms. The summed E-state index contributed by atoms with van der Waals surface area (Å²) in [5.74, 6) is 5.63. The number of carbonyl (C=O) groups is 1. The van der Waals surface area contributed by atoms with Crippen molar-refractivity contribution in [1.82, 2.24) is 15.0 Å². The predicted molar refractivity (Wildman–Crippen MR) is 75.6 cm³/mol. The topological polar surface area (TPSA) is 85.8 Å². The quantitative estimate of drug-likeness (QED) is 0.797. The second-order valence-electron chi connectivity index (χ2n) is 4.05. The van der Waals surface area contributed by atoms with Crippen molar-refractivity contribution >= 4 is 11.6 Å². The number of aryl methyl sites for hydroxylation is 1. The summed E-state index contributed by atoms with van der Waals surface area (Å²) >= 11 is 0. The van der Waals surface area contributed by atoms with E-state index in [0.717, 1.165) is 11.3 Å². The minimum atomic E-state index is -0.0682. The molecule has 0 atom stereocenters. The van der Waals surface area contributed by atoms with Crippen molar-refractivity contribution < 1.29 is 4.79 Å². The van der Waals surface area contributed by atoms with Crippen molar-refractivity contribution in [3.63, 3.8) is 0 Å². The number of aromatic nitrogens is 3. The molecule has 0 fully saturated rings. The Morgan fingerprint density at radius 3 is 2.80 bits per heavy atom. The van der Waals surface area contributed by atoms with Crippen LogP contribution in [0.3, 0.4) is 0 Å². The van der Waals surface area contributed by atoms with Crippen LogP contribution in [-0.4, -0.2) is 27.4 Å². The molecule has 1 aromatic heterocycles. The van der Waals surface area contributed by atoms with Crippen molar-refractivity contribution in [3.05, 3.63) is 42.2 Å². The zero-order chi connectivity index (χ0) is 14.2. The lowest BCUT2D eigenvalue weighted by molar-refractivity contribution is -0.116. The van der Waals surface area contributed by atoms with E-state index < -0.39 is 0 Å². The smallest absolute Gasteiger partial charge is 0.226 e. The van der Waals surface area contributed by atoms with Crippen LogP contribution in [0.15, 0.2) is 36.7 Å². The highest BCUT2D eigenvalue weighted by Crippen LogP contribution is 2.09. The van der Waals surface area contributed by atoms with E-state index in [-0.39, 0.29) is 5.91 Å². The van der Waals surface area contributed by atoms with Gasteiger partial charge in [0.05, 0.1) is 19.3 Å². The van der Waals surface area contributed by atoms with Crippen LogP contribution in [0.4, 0.5) is 5.69 Å². The van der Waals surface area contributed by atoms with Crippen molar-refractivity contribution in [2.24, 2.45) is 5.73 Å². The summed E-state index contributed by atoms with van der Waals surface area (Å²) in [6.07, 6.45) is 3.65. The number of hydrogen-bond acceptors (Lipinski definition) is 4. The maximum atomic E-state index is 11.7. The fourth-order valence-electron chi connectivity index (χ4n) is 1.58. The fraction of sp³-hybridized carbons (Fsp3) is 0.214. The first kappa shape index (κ1) is 13.8. The summed E-state index contributed by atoms with van der Waals surface area (Å²) < 4.78 is 1.62. The van der Waals surface area contributed by atoms with Crippen LogP contribution in [0.1, 0.15) is 12.0 Å². The molecule has 0 unspecified atom stereocenters. The highest BCUT2D eigenvalue weighted by molar-refractivity contribution is 5.90. The monoisotopic (exact) mass is 269 g/mol. The molecular formula is C14H15N5O. The molecular weight excluding hydrogens is 254 g/mol. The summed E-state index contributed by atoms with van der Waals surface area (Å²) in [6.45, 7) is 0.840. The Bertz CT molecular complexity index is 607. The van der Waals surface area contributed by atoms with Gasteiger partial charge >= 0.3 is 0 Å². The lowest BCUT2D eigenvalue weighted by atomic mass is 10.2. The number of anilines is 1. The maximum absolute atomic E-state index is 11.7. The summed E-state index contributed by atoms with van der Waals surface area (Å²) in [5.41, 5.74) is 6.92. The highest BCUT2D eigenvalue weighted by Gasteiger charge is 2.03. The predicted octanol–water partition coefficient (Wildman–Crippen LogP) is 0.617. The first-order valence-corrected chi connectivity index (χ1v) is 6.21. The lowest BCUT2D eigenvalue weighted by Crippen LogP contribution is -2.14. The van der Waals surface area contributed by atoms with E-state index >= 15 is 0 Å². The molecule has 6 heteroatoms. The van der Waals surface area contributed by atoms with Gasteiger partial charge in [-0.3, -0.25) is 9.48 Å². The Labute approximate surface area is 117 Å². The van der Waals surface area contributed by atoms with Crippen LogP contribution < -0.4 is 11.1 Å². The molecule has 0 saturated heterocycles. The minimum Gasteiger partial charge on any atom is -0.326 e. The van der Waals surface area contributed by atoms with Crippen LogP contribution in [0, 0.1) is 11.8 Å². The molecule has 0 spiro atoms. The summed E-state index contributed by atoms with van der Waals surface area (Å²) in [7, 11) is 0. The second kappa shape index (κ2) is 7.07. The zero-order valence-electron chi connectivity index (χ0n) is 10.9. The molecule has 0 aliphatic carbocycles. The highest BCUT2D eigenvalue weighted by atomic mass is 16.1. The van der Waals surface area contributed by atoms with Gasteiger partial charge in [-0.2, -0.15) is 0 Å². The van der Waals surface area contributed by atoms with E-state index in [1.807, 2.05) is 24.3 Å². The molecule has 1 amide bonds. The Hall–Kier alpha value is -2.65. The molecule has 0 radical (unpaired) electrons. The van der Waals surface area contributed by atoms with Gasteiger partial charge in [0.2, 0.25) is 5.91 Å². The Morgan fingerprint density at radius 2 is 2.15 bits per heavy atom. The molecule has 102 valence electrons. The number of nitrogens with two attached hydrogens (primary N) is 1. The van der Waals surface area contributed by atoms with E-state index in [0.29, 0.717) is 19.5 Å². The first-order valence-electron chi connectivity index (χ1n) is 6.21. The van der Waals surface area contributed by atoms with Crippen LogP contribution in [0.5, 0.6) is 0 Å². The minimum absolute atomic E-state index is 0.0682. The zero-order valence-corrected chi connectivity index (χ0v) is 10.9. The van der Waals surface area contributed by atoms with E-state index in [1.54, 1.807) is 17.1 Å². The van der Waals surface area contributed by atoms with Gasteiger partial charge < -0.3 is 11.1 Å². The van der Waals surface area contributed by atoms with E-state index in [9.17, 15) is 4.79 Å². The largest absolute Gasteiger partial charge is 0.326 e. The van der Waals surface area contributed by atoms with Gasteiger partial charge in [0.1, 0.15) is 0 Å². The molecule has 3 N–H and O–H groups in total. The van der Waals surface area contributed by atoms with Gasteiger partial charge in [-0.1, -0.05) is 17.1 Å². The van der Waals surface area contributed by atoms with Crippen LogP contribution in [0.2, 0.25) is 0 Å². The summed E-state index contributed by atoms with van der Waals surface area (Å²) in [5, 5.41) is 10.3. The van der Waals surface area contributed by atoms with Crippen LogP contribution in [0.25, 0.3) is 0 Å². The van der Waals surface area contributed by atoms with Crippen molar-refractivity contribution in [2.45, 2.75) is 13.0 Å². The number of hydrogen-bond donors (Lipinski definition) is 2. The van der Waals surface area contributed by atoms with Gasteiger partial charge in [-0.25, -0.2) is 0 Å². The average Bonchev–Trinajstić information content (AvgIpc) is 2.98. The van der Waals surface area contributed by atoms with E-state index in [2.05, 4.69) is 27.5 Å². The first-order chi connectivity index (χ1) is 9.78. The van der Waals surface area contributed by atoms with Gasteiger partial charge in [-0.15, -0.1) is 5.10 Å². The molecule has 1 aromatic carbocycles. The van der Waals surface area contributed by atoms with Crippen LogP contribution >= 0.6 is 0 Å². The van der Waals surface area contributed by atoms with Crippen molar-refractivity contribution in [1.29, 1.82) is 0 Å². The second-order valence-corrected chi connectivity index (χ2v) is 4.05. The third-order valence-corrected chi connectivity index (χ3v) is 2.54. The standard InChI is InChI=1S/C14H15N5O/c15-8-1-2-12-3-5-13(6-4-12)17-14(20)7-10-19-11-9-16-18-19/h3-6,9,11H,7-8,10,15H2,(H,17,20). The fourth-order valence-corrected chi connectivity index (χ4v) is 1.58. The molecule has 0 saturated carbocycles. The van der Waals surface area contributed by atoms with Crippen LogP contribution in [-0.2, 0) is 11.3 Å². The van der Waals surface area contributed by atoms with E-state index in [1.165, 1.54) is 0 Å². The Morgan fingerprint density at radius 1 is 1.35 bits per heavy atom. The average molecular weight is 269 g/mol. The third-order valence-electron chi connectivity index (χ3n) is 2.54.